The first-order valence-electron chi connectivity index (χ1n) is 3.03. The van der Waals surface area contributed by atoms with Gasteiger partial charge in [-0.15, -0.1) is 0 Å². The summed E-state index contributed by atoms with van der Waals surface area (Å²) in [6.45, 7) is 1.69. The first kappa shape index (κ1) is 6.05. The monoisotopic (exact) mass is 116 g/mol. The van der Waals surface area contributed by atoms with Gasteiger partial charge in [0.15, 0.2) is 0 Å². The van der Waals surface area contributed by atoms with Gasteiger partial charge in [0.25, 0.3) is 0 Å². The van der Waals surface area contributed by atoms with Crippen LogP contribution in [-0.4, -0.2) is 21.9 Å². The molecule has 1 saturated carbocycles. The fourth-order valence-corrected chi connectivity index (χ4v) is 1.13. The smallest absolute Gasteiger partial charge is 0.0877 e. The molecule has 2 N–H and O–H groups in total. The highest BCUT2D eigenvalue weighted by atomic mass is 16.3. The molecule has 0 aromatic heterocycles. The van der Waals surface area contributed by atoms with E-state index < -0.39 is 11.7 Å². The lowest BCUT2D eigenvalue weighted by atomic mass is 10.0. The summed E-state index contributed by atoms with van der Waals surface area (Å²) in [6, 6.07) is 0. The minimum Gasteiger partial charge on any atom is -0.390 e. The predicted octanol–water partition coefficient (Wildman–Crippen LogP) is 0.282. The van der Waals surface area contributed by atoms with E-state index in [1.54, 1.807) is 6.92 Å². The molecule has 0 amide bonds. The third kappa shape index (κ3) is 0.858. The molecule has 1 rings (SSSR count). The fourth-order valence-electron chi connectivity index (χ4n) is 1.13. The molecule has 0 aliphatic heterocycles. The van der Waals surface area contributed by atoms with Crippen LogP contribution in [0.5, 0.6) is 0 Å². The van der Waals surface area contributed by atoms with Crippen molar-refractivity contribution >= 4 is 0 Å². The summed E-state index contributed by atoms with van der Waals surface area (Å²) >= 11 is 0. The molecule has 8 heavy (non-hydrogen) atoms. The number of rotatable bonds is 0. The average Bonchev–Trinajstić information content (AvgIpc) is 1.86. The van der Waals surface area contributed by atoms with Crippen molar-refractivity contribution in [1.29, 1.82) is 0 Å². The highest BCUT2D eigenvalue weighted by Gasteiger charge is 2.34. The van der Waals surface area contributed by atoms with Crippen LogP contribution in [0.3, 0.4) is 0 Å². The van der Waals surface area contributed by atoms with Gasteiger partial charge in [-0.05, 0) is 26.2 Å². The number of hydrogen-bond donors (Lipinski definition) is 2. The van der Waals surface area contributed by atoms with Gasteiger partial charge in [-0.3, -0.25) is 0 Å². The van der Waals surface area contributed by atoms with Gasteiger partial charge in [0, 0.05) is 0 Å². The lowest BCUT2D eigenvalue weighted by Gasteiger charge is -2.19. The average molecular weight is 116 g/mol. The van der Waals surface area contributed by atoms with Crippen LogP contribution in [0.2, 0.25) is 0 Å². The Morgan fingerprint density at radius 3 is 2.38 bits per heavy atom. The van der Waals surface area contributed by atoms with Gasteiger partial charge in [0.1, 0.15) is 0 Å². The summed E-state index contributed by atoms with van der Waals surface area (Å²) in [5.41, 5.74) is -0.792. The first-order chi connectivity index (χ1) is 3.63. The fraction of sp³-hybridized carbons (Fsp3) is 1.00. The molecule has 1 aliphatic rings. The van der Waals surface area contributed by atoms with Gasteiger partial charge in [0.2, 0.25) is 0 Å². The van der Waals surface area contributed by atoms with E-state index in [0.29, 0.717) is 0 Å². The molecule has 0 aromatic carbocycles. The Bertz CT molecular complexity index is 88.5. The van der Waals surface area contributed by atoms with Crippen molar-refractivity contribution in [2.75, 3.05) is 0 Å². The van der Waals surface area contributed by atoms with E-state index in [1.165, 1.54) is 0 Å². The van der Waals surface area contributed by atoms with Crippen LogP contribution in [0.15, 0.2) is 0 Å². The Balaban J connectivity index is 2.54. The van der Waals surface area contributed by atoms with Crippen molar-refractivity contribution in [2.45, 2.75) is 37.9 Å². The van der Waals surface area contributed by atoms with E-state index in [2.05, 4.69) is 0 Å². The summed E-state index contributed by atoms with van der Waals surface area (Å²) in [4.78, 5) is 0. The van der Waals surface area contributed by atoms with Crippen LogP contribution in [-0.2, 0) is 0 Å². The molecule has 0 aromatic rings. The molecule has 2 heteroatoms. The maximum Gasteiger partial charge on any atom is 0.0877 e. The third-order valence-electron chi connectivity index (χ3n) is 1.88. The molecule has 1 aliphatic carbocycles. The van der Waals surface area contributed by atoms with Gasteiger partial charge >= 0.3 is 0 Å². The molecule has 1 fully saturated rings. The summed E-state index contributed by atoms with van der Waals surface area (Å²) in [7, 11) is 0. The zero-order valence-electron chi connectivity index (χ0n) is 5.09. The van der Waals surface area contributed by atoms with Crippen molar-refractivity contribution in [3.8, 4) is 0 Å². The standard InChI is InChI=1S/C6H12O2/c1-6(8)4-2-3-5(6)7/h5,7-8H,2-4H2,1H3/t5?,6-/m1/s1. The van der Waals surface area contributed by atoms with Gasteiger partial charge in [-0.2, -0.15) is 0 Å². The van der Waals surface area contributed by atoms with E-state index in [1.807, 2.05) is 0 Å². The molecule has 0 spiro atoms. The predicted molar refractivity (Wildman–Crippen MR) is 30.5 cm³/mol. The molecule has 1 unspecified atom stereocenters. The summed E-state index contributed by atoms with van der Waals surface area (Å²) in [6.07, 6.45) is 1.97. The Morgan fingerprint density at radius 1 is 1.62 bits per heavy atom. The Labute approximate surface area is 49.1 Å². The van der Waals surface area contributed by atoms with E-state index in [9.17, 15) is 5.11 Å². The molecule has 2 nitrogen and oxygen atoms in total. The third-order valence-corrected chi connectivity index (χ3v) is 1.88. The molecular formula is C6H12O2. The lowest BCUT2D eigenvalue weighted by Crippen LogP contribution is -2.32. The zero-order valence-corrected chi connectivity index (χ0v) is 5.09. The van der Waals surface area contributed by atoms with Gasteiger partial charge in [0.05, 0.1) is 11.7 Å². The number of hydrogen-bond acceptors (Lipinski definition) is 2. The first-order valence-corrected chi connectivity index (χ1v) is 3.03. The van der Waals surface area contributed by atoms with Crippen molar-refractivity contribution in [3.05, 3.63) is 0 Å². The van der Waals surface area contributed by atoms with Crippen LogP contribution < -0.4 is 0 Å². The second kappa shape index (κ2) is 1.71. The van der Waals surface area contributed by atoms with E-state index >= 15 is 0 Å². The molecule has 0 bridgehead atoms. The van der Waals surface area contributed by atoms with Crippen molar-refractivity contribution in [2.24, 2.45) is 0 Å². The topological polar surface area (TPSA) is 40.5 Å². The highest BCUT2D eigenvalue weighted by molar-refractivity contribution is 4.87. The second-order valence-electron chi connectivity index (χ2n) is 2.77. The van der Waals surface area contributed by atoms with Crippen LogP contribution in [0, 0.1) is 0 Å². The van der Waals surface area contributed by atoms with Crippen molar-refractivity contribution in [3.63, 3.8) is 0 Å². The molecule has 2 atom stereocenters. The number of aliphatic hydroxyl groups is 2. The van der Waals surface area contributed by atoms with Gasteiger partial charge in [-0.1, -0.05) is 0 Å². The van der Waals surface area contributed by atoms with E-state index in [-0.39, 0.29) is 0 Å². The van der Waals surface area contributed by atoms with Crippen molar-refractivity contribution < 1.29 is 10.2 Å². The highest BCUT2D eigenvalue weighted by Crippen LogP contribution is 2.28. The van der Waals surface area contributed by atoms with Gasteiger partial charge < -0.3 is 10.2 Å². The van der Waals surface area contributed by atoms with Crippen molar-refractivity contribution in [1.82, 2.24) is 0 Å². The van der Waals surface area contributed by atoms with Gasteiger partial charge in [-0.25, -0.2) is 0 Å². The van der Waals surface area contributed by atoms with Crippen LogP contribution in [0.25, 0.3) is 0 Å². The maximum atomic E-state index is 9.21. The molecular weight excluding hydrogens is 104 g/mol. The molecule has 0 saturated heterocycles. The SMILES string of the molecule is C[C@@]1(O)CCCC1O. The van der Waals surface area contributed by atoms with Crippen LogP contribution >= 0.6 is 0 Å². The molecule has 0 heterocycles. The molecule has 0 radical (unpaired) electrons. The van der Waals surface area contributed by atoms with Crippen LogP contribution in [0.1, 0.15) is 26.2 Å². The Morgan fingerprint density at radius 2 is 2.25 bits per heavy atom. The quantitative estimate of drug-likeness (QED) is 0.477. The summed E-state index contributed by atoms with van der Waals surface area (Å²) < 4.78 is 0. The largest absolute Gasteiger partial charge is 0.390 e. The maximum absolute atomic E-state index is 9.21. The second-order valence-corrected chi connectivity index (χ2v) is 2.77. The lowest BCUT2D eigenvalue weighted by molar-refractivity contribution is -0.0382. The summed E-state index contributed by atoms with van der Waals surface area (Å²) in [5.74, 6) is 0. The van der Waals surface area contributed by atoms with E-state index in [4.69, 9.17) is 5.11 Å². The minimum absolute atomic E-state index is 0.484. The zero-order chi connectivity index (χ0) is 6.20. The minimum atomic E-state index is -0.792. The Hall–Kier alpha value is -0.0800. The number of aliphatic hydroxyl groups excluding tert-OH is 1. The molecule has 48 valence electrons. The van der Waals surface area contributed by atoms with E-state index in [0.717, 1.165) is 19.3 Å². The summed E-state index contributed by atoms with van der Waals surface area (Å²) in [5, 5.41) is 18.2. The van der Waals surface area contributed by atoms with Crippen LogP contribution in [0.4, 0.5) is 0 Å². The normalized spacial score (nSPS) is 47.6. The Kier molecular flexibility index (Phi) is 1.29.